The van der Waals surface area contributed by atoms with Crippen molar-refractivity contribution < 1.29 is 42.1 Å². The van der Waals surface area contributed by atoms with Crippen LogP contribution in [0.25, 0.3) is 22.4 Å². The lowest BCUT2D eigenvalue weighted by molar-refractivity contribution is -0.149. The third-order valence-corrected chi connectivity index (χ3v) is 11.8. The minimum atomic E-state index is -4.80. The highest BCUT2D eigenvalue weighted by atomic mass is 35.5. The number of aliphatic carboxylic acids is 1. The normalized spacial score (nSPS) is 21.0. The van der Waals surface area contributed by atoms with Gasteiger partial charge in [-0.3, -0.25) is 14.5 Å². The molecular weight excluding hydrogens is 749 g/mol. The van der Waals surface area contributed by atoms with Gasteiger partial charge in [-0.15, -0.1) is 0 Å². The number of nitrogens with zero attached hydrogens (tertiary/aromatic N) is 3. The van der Waals surface area contributed by atoms with E-state index < -0.39 is 35.2 Å². The van der Waals surface area contributed by atoms with E-state index in [1.54, 1.807) is 18.9 Å². The second kappa shape index (κ2) is 16.0. The summed E-state index contributed by atoms with van der Waals surface area (Å²) >= 11 is 7.13. The third-order valence-electron chi connectivity index (χ3n) is 11.4. The Morgan fingerprint density at radius 2 is 1.71 bits per heavy atom. The van der Waals surface area contributed by atoms with Crippen LogP contribution in [0.5, 0.6) is 17.6 Å². The van der Waals surface area contributed by atoms with Gasteiger partial charge in [0.2, 0.25) is 17.6 Å². The van der Waals surface area contributed by atoms with Gasteiger partial charge in [-0.2, -0.15) is 18.2 Å². The van der Waals surface area contributed by atoms with Gasteiger partial charge in [0.25, 0.3) is 0 Å². The molecule has 56 heavy (non-hydrogen) atoms. The molecule has 0 unspecified atom stereocenters. The van der Waals surface area contributed by atoms with Gasteiger partial charge in [-0.05, 0) is 86.9 Å². The molecule has 0 amide bonds. The number of ether oxygens (including phenoxy) is 3. The number of carbonyl (C=O) groups is 2. The molecule has 3 heterocycles. The second-order valence-electron chi connectivity index (χ2n) is 14.9. The monoisotopic (exact) mass is 792 g/mol. The SMILES string of the molecule is COc1nc(-c2cccc(-c3cccc4c3CC[C@@H]4Oc3nc(OC)c(CN4CCC[C@]4(C)C(=O)O)cc3C(F)(F)F)c2Cl)ccc1CNC[C@@H]1CCC(=O)C1. The highest BCUT2D eigenvalue weighted by molar-refractivity contribution is 6.36. The van der Waals surface area contributed by atoms with Gasteiger partial charge < -0.3 is 24.6 Å². The molecule has 2 fully saturated rings. The van der Waals surface area contributed by atoms with Crippen molar-refractivity contribution in [1.29, 1.82) is 0 Å². The van der Waals surface area contributed by atoms with Gasteiger partial charge in [0.15, 0.2) is 0 Å². The Morgan fingerprint density at radius 1 is 0.982 bits per heavy atom. The molecule has 1 saturated carbocycles. The maximum absolute atomic E-state index is 14.6. The minimum Gasteiger partial charge on any atom is -0.481 e. The molecule has 14 heteroatoms. The van der Waals surface area contributed by atoms with Gasteiger partial charge in [0, 0.05) is 48.2 Å². The van der Waals surface area contributed by atoms with Crippen molar-refractivity contribution in [3.63, 3.8) is 0 Å². The molecule has 2 aliphatic carbocycles. The first kappa shape index (κ1) is 39.5. The van der Waals surface area contributed by atoms with Crippen molar-refractivity contribution in [3.05, 3.63) is 87.4 Å². The smallest absolute Gasteiger partial charge is 0.421 e. The summed E-state index contributed by atoms with van der Waals surface area (Å²) in [5.41, 5.74) is 3.27. The Kier molecular flexibility index (Phi) is 11.3. The van der Waals surface area contributed by atoms with E-state index in [2.05, 4.69) is 10.3 Å². The predicted molar refractivity (Wildman–Crippen MR) is 204 cm³/mol. The summed E-state index contributed by atoms with van der Waals surface area (Å²) in [5.74, 6) is -0.565. The summed E-state index contributed by atoms with van der Waals surface area (Å²) in [5, 5.41) is 13.8. The van der Waals surface area contributed by atoms with Gasteiger partial charge >= 0.3 is 12.1 Å². The molecule has 3 atom stereocenters. The van der Waals surface area contributed by atoms with Gasteiger partial charge in [-0.1, -0.05) is 54.1 Å². The number of benzene rings is 2. The number of rotatable bonds is 13. The number of Topliss-reactive ketones (excluding diaryl/α,β-unsaturated/α-hetero) is 1. The number of halogens is 4. The first-order valence-electron chi connectivity index (χ1n) is 18.8. The van der Waals surface area contributed by atoms with Crippen LogP contribution in [0.1, 0.15) is 79.4 Å². The maximum atomic E-state index is 14.6. The minimum absolute atomic E-state index is 0.0560. The quantitative estimate of drug-likeness (QED) is 0.136. The van der Waals surface area contributed by atoms with Crippen LogP contribution in [0.4, 0.5) is 13.2 Å². The van der Waals surface area contributed by atoms with Gasteiger partial charge in [0.1, 0.15) is 23.0 Å². The largest absolute Gasteiger partial charge is 0.481 e. The molecule has 2 N–H and O–H groups in total. The Morgan fingerprint density at radius 3 is 2.43 bits per heavy atom. The van der Waals surface area contributed by atoms with Gasteiger partial charge in [-0.25, -0.2) is 4.98 Å². The number of hydrogen-bond acceptors (Lipinski definition) is 9. The van der Waals surface area contributed by atoms with E-state index in [1.165, 1.54) is 7.11 Å². The summed E-state index contributed by atoms with van der Waals surface area (Å²) in [7, 11) is 2.89. The van der Waals surface area contributed by atoms with Crippen LogP contribution < -0.4 is 19.5 Å². The summed E-state index contributed by atoms with van der Waals surface area (Å²) in [6, 6.07) is 16.1. The van der Waals surface area contributed by atoms with Crippen molar-refractivity contribution >= 4 is 23.4 Å². The number of hydrogen-bond donors (Lipinski definition) is 2. The van der Waals surface area contributed by atoms with E-state index in [9.17, 15) is 27.9 Å². The molecule has 1 aliphatic heterocycles. The second-order valence-corrected chi connectivity index (χ2v) is 15.3. The molecule has 4 aromatic rings. The van der Waals surface area contributed by atoms with Crippen molar-refractivity contribution in [2.75, 3.05) is 27.3 Å². The third kappa shape index (κ3) is 7.81. The first-order chi connectivity index (χ1) is 26.8. The average Bonchev–Trinajstić information content (AvgIpc) is 3.90. The molecule has 0 spiro atoms. The first-order valence-corrected chi connectivity index (χ1v) is 19.2. The van der Waals surface area contributed by atoms with Crippen LogP contribution >= 0.6 is 11.6 Å². The van der Waals surface area contributed by atoms with Crippen molar-refractivity contribution in [2.45, 2.75) is 82.8 Å². The molecule has 0 bridgehead atoms. The molecular formula is C42H44ClF3N4O6. The number of methoxy groups -OCH3 is 2. The van der Waals surface area contributed by atoms with Crippen LogP contribution in [-0.2, 0) is 35.3 Å². The number of pyridine rings is 2. The zero-order valence-corrected chi connectivity index (χ0v) is 32.2. The van der Waals surface area contributed by atoms with Crippen LogP contribution in [0.2, 0.25) is 5.02 Å². The van der Waals surface area contributed by atoms with Crippen molar-refractivity contribution in [1.82, 2.24) is 20.2 Å². The fourth-order valence-electron chi connectivity index (χ4n) is 8.30. The average molecular weight is 793 g/mol. The van der Waals surface area contributed by atoms with E-state index in [1.807, 2.05) is 48.5 Å². The number of carboxylic acid groups (broad SMARTS) is 1. The number of nitrogens with one attached hydrogen (secondary N) is 1. The summed E-state index contributed by atoms with van der Waals surface area (Å²) in [6.45, 7) is 3.20. The Labute approximate surface area is 328 Å². The zero-order valence-electron chi connectivity index (χ0n) is 31.5. The molecule has 3 aliphatic rings. The lowest BCUT2D eigenvalue weighted by Crippen LogP contribution is -2.47. The topological polar surface area (TPSA) is 123 Å². The lowest BCUT2D eigenvalue weighted by Gasteiger charge is -2.31. The Hall–Kier alpha value is -4.72. The number of fused-ring (bicyclic) bond motifs is 1. The summed E-state index contributed by atoms with van der Waals surface area (Å²) in [6.07, 6.45) is -1.44. The van der Waals surface area contributed by atoms with Gasteiger partial charge in [0.05, 0.1) is 24.9 Å². The Balaban J connectivity index is 1.14. The van der Waals surface area contributed by atoms with Crippen LogP contribution in [0, 0.1) is 5.92 Å². The molecule has 296 valence electrons. The van der Waals surface area contributed by atoms with Crippen molar-refractivity contribution in [2.24, 2.45) is 5.92 Å². The molecule has 0 radical (unpaired) electrons. The molecule has 2 aromatic carbocycles. The number of aromatic nitrogens is 2. The number of carboxylic acids is 1. The van der Waals surface area contributed by atoms with E-state index in [-0.39, 0.29) is 18.0 Å². The maximum Gasteiger partial charge on any atom is 0.421 e. The Bertz CT molecular complexity index is 2150. The molecule has 2 aromatic heterocycles. The number of ketones is 1. The highest BCUT2D eigenvalue weighted by Gasteiger charge is 2.44. The van der Waals surface area contributed by atoms with E-state index in [4.69, 9.17) is 30.8 Å². The fraction of sp³-hybridized carbons (Fsp3) is 0.429. The fourth-order valence-corrected chi connectivity index (χ4v) is 8.62. The van der Waals surface area contributed by atoms with Crippen LogP contribution in [-0.4, -0.2) is 64.6 Å². The molecule has 7 rings (SSSR count). The zero-order chi connectivity index (χ0) is 39.8. The number of likely N-dealkylation sites (tertiary alicyclic amines) is 1. The lowest BCUT2D eigenvalue weighted by atomic mass is 9.94. The van der Waals surface area contributed by atoms with Crippen LogP contribution in [0.15, 0.2) is 54.6 Å². The van der Waals surface area contributed by atoms with E-state index >= 15 is 0 Å². The predicted octanol–water partition coefficient (Wildman–Crippen LogP) is 8.46. The number of carbonyl (C=O) groups excluding carboxylic acids is 1. The molecule has 1 saturated heterocycles. The van der Waals surface area contributed by atoms with E-state index in [0.717, 1.165) is 46.8 Å². The standard InChI is InChI=1S/C42H44ClF3N4O6/c1-41(40(52)53)17-6-18-50(41)23-26-20-33(42(44,45)46)39(49-38(26)55-3)56-35-16-14-29-28(7-4-8-30(29)35)31-9-5-10-32(36(31)43)34-15-12-25(37(48-34)54-2)22-47-21-24-11-13-27(51)19-24/h4-5,7-10,12,15,20,24,35,47H,6,11,13-14,16-19,21-23H2,1-3H3,(H,52,53)/t24-,35+,41-/m1/s1. The highest BCUT2D eigenvalue weighted by Crippen LogP contribution is 2.46. The van der Waals surface area contributed by atoms with Crippen LogP contribution in [0.3, 0.4) is 0 Å². The van der Waals surface area contributed by atoms with Crippen molar-refractivity contribution in [3.8, 4) is 40.0 Å². The van der Waals surface area contributed by atoms with E-state index in [0.29, 0.717) is 85.5 Å². The molecule has 10 nitrogen and oxygen atoms in total. The summed E-state index contributed by atoms with van der Waals surface area (Å²) in [4.78, 5) is 34.4. The number of alkyl halides is 3. The summed E-state index contributed by atoms with van der Waals surface area (Å²) < 4.78 is 61.1.